The first-order valence-electron chi connectivity index (χ1n) is 3.83. The van der Waals surface area contributed by atoms with Gasteiger partial charge in [0, 0.05) is 5.57 Å². The molecule has 0 heterocycles. The molecule has 0 radical (unpaired) electrons. The van der Waals surface area contributed by atoms with E-state index in [1.807, 2.05) is 0 Å². The topological polar surface area (TPSA) is 36.1 Å². The van der Waals surface area contributed by atoms with Crippen molar-refractivity contribution in [3.63, 3.8) is 0 Å². The van der Waals surface area contributed by atoms with Gasteiger partial charge in [-0.2, -0.15) is 31.6 Å². The van der Waals surface area contributed by atoms with Crippen molar-refractivity contribution in [2.24, 2.45) is 4.99 Å². The van der Waals surface area contributed by atoms with Gasteiger partial charge in [0.1, 0.15) is 12.3 Å². The summed E-state index contributed by atoms with van der Waals surface area (Å²) < 4.78 is 72.3. The summed E-state index contributed by atoms with van der Waals surface area (Å²) in [5.41, 5.74) is -3.15. The molecule has 8 heteroatoms. The van der Waals surface area contributed by atoms with Gasteiger partial charge in [-0.1, -0.05) is 0 Å². The molecule has 0 aliphatic carbocycles. The lowest BCUT2D eigenvalue weighted by molar-refractivity contribution is -0.0915. The van der Waals surface area contributed by atoms with E-state index >= 15 is 0 Å². The molecule has 0 amide bonds. The molecular weight excluding hydrogens is 238 g/mol. The molecule has 0 saturated carbocycles. The van der Waals surface area contributed by atoms with E-state index in [2.05, 4.69) is 4.99 Å². The molecule has 90 valence electrons. The molecule has 0 aliphatic heterocycles. The fourth-order valence-corrected chi connectivity index (χ4v) is 0.625. The van der Waals surface area contributed by atoms with Crippen LogP contribution in [0.2, 0.25) is 0 Å². The number of hydrogen-bond donors (Lipinski definition) is 0. The SMILES string of the molecule is C/C(=C\C(=N/CC#N)C(F)(F)F)C(F)(F)F. The fourth-order valence-electron chi connectivity index (χ4n) is 0.625. The molecule has 0 aromatic heterocycles. The number of hydrogen-bond acceptors (Lipinski definition) is 2. The van der Waals surface area contributed by atoms with Crippen molar-refractivity contribution in [2.45, 2.75) is 19.3 Å². The number of nitrogens with zero attached hydrogens (tertiary/aromatic N) is 2. The minimum absolute atomic E-state index is 0.128. The third-order valence-electron chi connectivity index (χ3n) is 1.41. The second-order valence-electron chi connectivity index (χ2n) is 2.68. The molecule has 0 rings (SSSR count). The van der Waals surface area contributed by atoms with E-state index in [4.69, 9.17) is 5.26 Å². The minimum atomic E-state index is -5.01. The second kappa shape index (κ2) is 5.01. The largest absolute Gasteiger partial charge is 0.432 e. The van der Waals surface area contributed by atoms with Crippen LogP contribution in [0, 0.1) is 11.3 Å². The first-order valence-corrected chi connectivity index (χ1v) is 3.83. The number of alkyl halides is 6. The van der Waals surface area contributed by atoms with Gasteiger partial charge < -0.3 is 0 Å². The second-order valence-corrected chi connectivity index (χ2v) is 2.68. The van der Waals surface area contributed by atoms with Crippen molar-refractivity contribution < 1.29 is 26.3 Å². The number of halogens is 6. The smallest absolute Gasteiger partial charge is 0.265 e. The molecule has 2 nitrogen and oxygen atoms in total. The van der Waals surface area contributed by atoms with Gasteiger partial charge in [0.25, 0.3) is 0 Å². The summed E-state index contributed by atoms with van der Waals surface area (Å²) in [6, 6.07) is 1.28. The van der Waals surface area contributed by atoms with Gasteiger partial charge in [0.15, 0.2) is 0 Å². The van der Waals surface area contributed by atoms with E-state index in [1.165, 1.54) is 6.07 Å². The zero-order valence-electron chi connectivity index (χ0n) is 7.95. The van der Waals surface area contributed by atoms with Crippen molar-refractivity contribution in [3.05, 3.63) is 11.6 Å². The number of allylic oxidation sites excluding steroid dienone is 2. The minimum Gasteiger partial charge on any atom is -0.265 e. The van der Waals surface area contributed by atoms with Crippen LogP contribution in [-0.4, -0.2) is 24.6 Å². The van der Waals surface area contributed by atoms with Crippen LogP contribution in [0.3, 0.4) is 0 Å². The predicted molar refractivity (Wildman–Crippen MR) is 43.8 cm³/mol. The van der Waals surface area contributed by atoms with Gasteiger partial charge in [-0.05, 0) is 13.0 Å². The van der Waals surface area contributed by atoms with Crippen LogP contribution in [0.15, 0.2) is 16.6 Å². The average Bonchev–Trinajstić information content (AvgIpc) is 2.08. The summed E-state index contributed by atoms with van der Waals surface area (Å²) in [7, 11) is 0. The quantitative estimate of drug-likeness (QED) is 0.418. The van der Waals surface area contributed by atoms with Crippen LogP contribution in [0.1, 0.15) is 6.92 Å². The highest BCUT2D eigenvalue weighted by Crippen LogP contribution is 2.27. The third-order valence-corrected chi connectivity index (χ3v) is 1.41. The van der Waals surface area contributed by atoms with Crippen molar-refractivity contribution in [1.29, 1.82) is 5.26 Å². The average molecular weight is 244 g/mol. The molecule has 0 aliphatic rings. The molecule has 0 atom stereocenters. The highest BCUT2D eigenvalue weighted by molar-refractivity contribution is 6.00. The molecule has 0 bridgehead atoms. The summed E-state index contributed by atoms with van der Waals surface area (Å²) >= 11 is 0. The maximum absolute atomic E-state index is 12.1. The van der Waals surface area contributed by atoms with Gasteiger partial charge in [-0.25, -0.2) is 0 Å². The Morgan fingerprint density at radius 2 is 1.69 bits per heavy atom. The van der Waals surface area contributed by atoms with E-state index in [0.717, 1.165) is 0 Å². The molecular formula is C8H6F6N2. The standard InChI is InChI=1S/C8H6F6N2/c1-5(7(9,10)11)4-6(8(12,13)14)16-3-2-15/h4H,3H2,1H3/b5-4+,16-6+. The lowest BCUT2D eigenvalue weighted by Gasteiger charge is -2.09. The Labute approximate surface area is 86.9 Å². The highest BCUT2D eigenvalue weighted by Gasteiger charge is 2.37. The molecule has 0 saturated heterocycles. The number of aliphatic imine (C=N–C) groups is 1. The van der Waals surface area contributed by atoms with E-state index in [1.54, 1.807) is 0 Å². The van der Waals surface area contributed by atoms with Crippen LogP contribution >= 0.6 is 0 Å². The van der Waals surface area contributed by atoms with Crippen molar-refractivity contribution in [3.8, 4) is 6.07 Å². The first-order chi connectivity index (χ1) is 7.09. The van der Waals surface area contributed by atoms with E-state index in [0.29, 0.717) is 6.92 Å². The lowest BCUT2D eigenvalue weighted by Crippen LogP contribution is -2.23. The number of nitriles is 1. The van der Waals surface area contributed by atoms with E-state index in [-0.39, 0.29) is 6.08 Å². The Morgan fingerprint density at radius 3 is 2.00 bits per heavy atom. The predicted octanol–water partition coefficient (Wildman–Crippen LogP) is 3.02. The van der Waals surface area contributed by atoms with Gasteiger partial charge >= 0.3 is 12.4 Å². The maximum Gasteiger partial charge on any atom is 0.432 e. The fraction of sp³-hybridized carbons (Fsp3) is 0.500. The molecule has 0 aromatic carbocycles. The van der Waals surface area contributed by atoms with Crippen LogP contribution in [-0.2, 0) is 0 Å². The molecule has 0 unspecified atom stereocenters. The summed E-state index contributed by atoms with van der Waals surface area (Å²) in [6.45, 7) is -0.357. The Bertz CT molecular complexity index is 341. The summed E-state index contributed by atoms with van der Waals surface area (Å²) in [5, 5.41) is 8.01. The van der Waals surface area contributed by atoms with Crippen LogP contribution in [0.4, 0.5) is 26.3 Å². The zero-order chi connectivity index (χ0) is 13.0. The summed E-state index contributed by atoms with van der Waals surface area (Å²) in [5.74, 6) is 0. The maximum atomic E-state index is 12.1. The van der Waals surface area contributed by atoms with Crippen LogP contribution < -0.4 is 0 Å². The molecule has 0 spiro atoms. The van der Waals surface area contributed by atoms with E-state index < -0.39 is 30.2 Å². The molecule has 0 fully saturated rings. The van der Waals surface area contributed by atoms with Crippen LogP contribution in [0.25, 0.3) is 0 Å². The summed E-state index contributed by atoms with van der Waals surface area (Å²) in [6.07, 6.45) is -9.99. The zero-order valence-corrected chi connectivity index (χ0v) is 7.95. The highest BCUT2D eigenvalue weighted by atomic mass is 19.4. The molecule has 0 N–H and O–H groups in total. The third kappa shape index (κ3) is 4.82. The molecule has 0 aromatic rings. The van der Waals surface area contributed by atoms with Gasteiger partial charge in [-0.15, -0.1) is 0 Å². The van der Waals surface area contributed by atoms with Crippen molar-refractivity contribution >= 4 is 5.71 Å². The first kappa shape index (κ1) is 14.5. The summed E-state index contributed by atoms with van der Waals surface area (Å²) in [4.78, 5) is 2.72. The van der Waals surface area contributed by atoms with Gasteiger partial charge in [0.05, 0.1) is 6.07 Å². The van der Waals surface area contributed by atoms with Gasteiger partial charge in [0.2, 0.25) is 0 Å². The monoisotopic (exact) mass is 244 g/mol. The Balaban J connectivity index is 5.20. The lowest BCUT2D eigenvalue weighted by atomic mass is 10.2. The Kier molecular flexibility index (Phi) is 4.53. The molecule has 16 heavy (non-hydrogen) atoms. The Morgan fingerprint density at radius 1 is 1.19 bits per heavy atom. The van der Waals surface area contributed by atoms with E-state index in [9.17, 15) is 26.3 Å². The van der Waals surface area contributed by atoms with Crippen molar-refractivity contribution in [2.75, 3.05) is 6.54 Å². The normalized spacial score (nSPS) is 14.9. The number of rotatable bonds is 2. The van der Waals surface area contributed by atoms with Crippen molar-refractivity contribution in [1.82, 2.24) is 0 Å². The van der Waals surface area contributed by atoms with Gasteiger partial charge in [-0.3, -0.25) is 4.99 Å². The Hall–Kier alpha value is -1.52. The van der Waals surface area contributed by atoms with Crippen LogP contribution in [0.5, 0.6) is 0 Å².